The SMILES string of the molecule is COc1cc(Cl)ccc1C=CCNC(=O)OC(C)(C)C. The third-order valence-corrected chi connectivity index (χ3v) is 2.49. The molecule has 0 unspecified atom stereocenters. The quantitative estimate of drug-likeness (QED) is 0.917. The summed E-state index contributed by atoms with van der Waals surface area (Å²) in [6.07, 6.45) is 3.23. The molecule has 0 saturated heterocycles. The second-order valence-corrected chi connectivity index (χ2v) is 5.61. The van der Waals surface area contributed by atoms with Crippen molar-refractivity contribution in [1.82, 2.24) is 5.32 Å². The van der Waals surface area contributed by atoms with Crippen LogP contribution in [0.3, 0.4) is 0 Å². The maximum atomic E-state index is 11.4. The number of nitrogens with one attached hydrogen (secondary N) is 1. The van der Waals surface area contributed by atoms with Gasteiger partial charge in [-0.3, -0.25) is 0 Å². The summed E-state index contributed by atoms with van der Waals surface area (Å²) in [6.45, 7) is 5.84. The van der Waals surface area contributed by atoms with Crippen LogP contribution in [0.4, 0.5) is 4.79 Å². The van der Waals surface area contributed by atoms with Gasteiger partial charge in [-0.2, -0.15) is 0 Å². The summed E-state index contributed by atoms with van der Waals surface area (Å²) in [7, 11) is 1.59. The van der Waals surface area contributed by atoms with Gasteiger partial charge in [0.05, 0.1) is 7.11 Å². The van der Waals surface area contributed by atoms with Crippen molar-refractivity contribution >= 4 is 23.8 Å². The number of alkyl carbamates (subject to hydrolysis) is 1. The fraction of sp³-hybridized carbons (Fsp3) is 0.400. The summed E-state index contributed by atoms with van der Waals surface area (Å²) in [6, 6.07) is 5.37. The van der Waals surface area contributed by atoms with Crippen molar-refractivity contribution in [1.29, 1.82) is 0 Å². The summed E-state index contributed by atoms with van der Waals surface area (Å²) in [4.78, 5) is 11.4. The molecule has 0 aromatic heterocycles. The Hall–Kier alpha value is -1.68. The van der Waals surface area contributed by atoms with Crippen molar-refractivity contribution in [2.75, 3.05) is 13.7 Å². The maximum Gasteiger partial charge on any atom is 0.407 e. The van der Waals surface area contributed by atoms with E-state index in [1.54, 1.807) is 19.2 Å². The summed E-state index contributed by atoms with van der Waals surface area (Å²) in [5.41, 5.74) is 0.399. The van der Waals surface area contributed by atoms with Crippen LogP contribution >= 0.6 is 11.6 Å². The summed E-state index contributed by atoms with van der Waals surface area (Å²) in [5, 5.41) is 3.26. The number of carbonyl (C=O) groups is 1. The molecule has 0 atom stereocenters. The van der Waals surface area contributed by atoms with Gasteiger partial charge in [0.15, 0.2) is 0 Å². The first-order valence-corrected chi connectivity index (χ1v) is 6.66. The van der Waals surface area contributed by atoms with Gasteiger partial charge in [-0.25, -0.2) is 4.79 Å². The number of carbonyl (C=O) groups excluding carboxylic acids is 1. The van der Waals surface area contributed by atoms with Gasteiger partial charge in [-0.05, 0) is 39.0 Å². The lowest BCUT2D eigenvalue weighted by Crippen LogP contribution is -2.32. The van der Waals surface area contributed by atoms with E-state index >= 15 is 0 Å². The second-order valence-electron chi connectivity index (χ2n) is 5.17. The lowest BCUT2D eigenvalue weighted by Gasteiger charge is -2.19. The lowest BCUT2D eigenvalue weighted by molar-refractivity contribution is 0.0534. The number of halogens is 1. The molecule has 0 fully saturated rings. The molecule has 1 aromatic carbocycles. The van der Waals surface area contributed by atoms with Gasteiger partial charge >= 0.3 is 6.09 Å². The van der Waals surface area contributed by atoms with Crippen molar-refractivity contribution in [3.8, 4) is 5.75 Å². The molecular weight excluding hydrogens is 278 g/mol. The Labute approximate surface area is 124 Å². The number of hydrogen-bond acceptors (Lipinski definition) is 3. The van der Waals surface area contributed by atoms with Gasteiger partial charge in [0, 0.05) is 17.1 Å². The van der Waals surface area contributed by atoms with Crippen molar-refractivity contribution in [2.24, 2.45) is 0 Å². The predicted molar refractivity (Wildman–Crippen MR) is 81.3 cm³/mol. The summed E-state index contributed by atoms with van der Waals surface area (Å²) >= 11 is 5.88. The second kappa shape index (κ2) is 7.20. The van der Waals surface area contributed by atoms with Crippen LogP contribution in [0.1, 0.15) is 26.3 Å². The first kappa shape index (κ1) is 16.4. The fourth-order valence-electron chi connectivity index (χ4n) is 1.46. The zero-order valence-electron chi connectivity index (χ0n) is 12.2. The molecule has 0 radical (unpaired) electrons. The van der Waals surface area contributed by atoms with Gasteiger partial charge in [0.2, 0.25) is 0 Å². The Kier molecular flexibility index (Phi) is 5.89. The van der Waals surface area contributed by atoms with Crippen LogP contribution < -0.4 is 10.1 Å². The first-order chi connectivity index (χ1) is 9.31. The molecule has 5 heteroatoms. The van der Waals surface area contributed by atoms with E-state index in [1.165, 1.54) is 0 Å². The van der Waals surface area contributed by atoms with Gasteiger partial charge in [0.25, 0.3) is 0 Å². The lowest BCUT2D eigenvalue weighted by atomic mass is 10.2. The highest BCUT2D eigenvalue weighted by Crippen LogP contribution is 2.23. The minimum absolute atomic E-state index is 0.376. The average molecular weight is 298 g/mol. The number of hydrogen-bond donors (Lipinski definition) is 1. The van der Waals surface area contributed by atoms with Crippen LogP contribution in [0.25, 0.3) is 6.08 Å². The van der Waals surface area contributed by atoms with Crippen LogP contribution in [0.2, 0.25) is 5.02 Å². The van der Waals surface area contributed by atoms with Crippen LogP contribution in [0.15, 0.2) is 24.3 Å². The average Bonchev–Trinajstić information content (AvgIpc) is 2.33. The van der Waals surface area contributed by atoms with Crippen molar-refractivity contribution < 1.29 is 14.3 Å². The van der Waals surface area contributed by atoms with Crippen LogP contribution in [0, 0.1) is 0 Å². The van der Waals surface area contributed by atoms with E-state index in [9.17, 15) is 4.79 Å². The molecule has 0 heterocycles. The number of methoxy groups -OCH3 is 1. The number of amides is 1. The predicted octanol–water partition coefficient (Wildman–Crippen LogP) is 3.89. The molecule has 20 heavy (non-hydrogen) atoms. The molecule has 1 N–H and O–H groups in total. The van der Waals surface area contributed by atoms with Crippen molar-refractivity contribution in [3.63, 3.8) is 0 Å². The highest BCUT2D eigenvalue weighted by Gasteiger charge is 2.14. The zero-order valence-corrected chi connectivity index (χ0v) is 13.0. The smallest absolute Gasteiger partial charge is 0.407 e. The van der Waals surface area contributed by atoms with Crippen LogP contribution in [-0.2, 0) is 4.74 Å². The largest absolute Gasteiger partial charge is 0.496 e. The van der Waals surface area contributed by atoms with Gasteiger partial charge < -0.3 is 14.8 Å². The number of rotatable bonds is 4. The number of benzene rings is 1. The highest BCUT2D eigenvalue weighted by atomic mass is 35.5. The van der Waals surface area contributed by atoms with Gasteiger partial charge in [0.1, 0.15) is 11.4 Å². The van der Waals surface area contributed by atoms with Crippen LogP contribution in [0.5, 0.6) is 5.75 Å². The van der Waals surface area contributed by atoms with Crippen molar-refractivity contribution in [3.05, 3.63) is 34.9 Å². The molecular formula is C15H20ClNO3. The molecule has 1 amide bonds. The topological polar surface area (TPSA) is 47.6 Å². The minimum atomic E-state index is -0.493. The first-order valence-electron chi connectivity index (χ1n) is 6.29. The summed E-state index contributed by atoms with van der Waals surface area (Å²) < 4.78 is 10.3. The third kappa shape index (κ3) is 5.97. The Morgan fingerprint density at radius 1 is 1.40 bits per heavy atom. The van der Waals surface area contributed by atoms with E-state index in [2.05, 4.69) is 5.32 Å². The zero-order chi connectivity index (χ0) is 15.2. The minimum Gasteiger partial charge on any atom is -0.496 e. The molecule has 0 aliphatic rings. The number of ether oxygens (including phenoxy) is 2. The van der Waals surface area contributed by atoms with Gasteiger partial charge in [-0.1, -0.05) is 23.8 Å². The van der Waals surface area contributed by atoms with E-state index in [1.807, 2.05) is 39.0 Å². The molecule has 0 saturated carbocycles. The molecule has 1 rings (SSSR count). The van der Waals surface area contributed by atoms with E-state index in [0.29, 0.717) is 17.3 Å². The van der Waals surface area contributed by atoms with Crippen LogP contribution in [-0.4, -0.2) is 25.3 Å². The molecule has 0 spiro atoms. The van der Waals surface area contributed by atoms with E-state index in [-0.39, 0.29) is 0 Å². The molecule has 0 aliphatic heterocycles. The molecule has 1 aromatic rings. The summed E-state index contributed by atoms with van der Waals surface area (Å²) in [5.74, 6) is 0.686. The molecule has 0 bridgehead atoms. The van der Waals surface area contributed by atoms with E-state index < -0.39 is 11.7 Å². The third-order valence-electron chi connectivity index (χ3n) is 2.26. The van der Waals surface area contributed by atoms with Gasteiger partial charge in [-0.15, -0.1) is 0 Å². The Morgan fingerprint density at radius 2 is 2.10 bits per heavy atom. The van der Waals surface area contributed by atoms with E-state index in [0.717, 1.165) is 5.56 Å². The Balaban J connectivity index is 2.52. The fourth-order valence-corrected chi connectivity index (χ4v) is 1.63. The Morgan fingerprint density at radius 3 is 2.70 bits per heavy atom. The monoisotopic (exact) mass is 297 g/mol. The molecule has 0 aliphatic carbocycles. The Bertz CT molecular complexity index is 492. The van der Waals surface area contributed by atoms with E-state index in [4.69, 9.17) is 21.1 Å². The molecule has 4 nitrogen and oxygen atoms in total. The normalized spacial score (nSPS) is 11.4. The highest BCUT2D eigenvalue weighted by molar-refractivity contribution is 6.30. The maximum absolute atomic E-state index is 11.4. The molecule has 110 valence electrons. The standard InChI is InChI=1S/C15H20ClNO3/c1-15(2,3)20-14(18)17-9-5-6-11-7-8-12(16)10-13(11)19-4/h5-8,10H,9H2,1-4H3,(H,17,18). The van der Waals surface area contributed by atoms with Crippen molar-refractivity contribution in [2.45, 2.75) is 26.4 Å².